The van der Waals surface area contributed by atoms with Crippen LogP contribution in [-0.4, -0.2) is 20.6 Å². The molecule has 0 atom stereocenters. The van der Waals surface area contributed by atoms with E-state index in [1.807, 2.05) is 12.1 Å². The number of furan rings is 1. The third-order valence-electron chi connectivity index (χ3n) is 3.69. The normalized spacial score (nSPS) is 11.0. The fourth-order valence-electron chi connectivity index (χ4n) is 2.47. The van der Waals surface area contributed by atoms with Crippen LogP contribution < -0.4 is 5.56 Å². The van der Waals surface area contributed by atoms with E-state index >= 15 is 0 Å². The van der Waals surface area contributed by atoms with Gasteiger partial charge in [-0.15, -0.1) is 0 Å². The van der Waals surface area contributed by atoms with E-state index in [0.29, 0.717) is 32.0 Å². The molecule has 4 rings (SSSR count). The second-order valence-electron chi connectivity index (χ2n) is 5.65. The number of nitrogens with zero attached hydrogens (tertiary/aromatic N) is 3. The number of hydrogen-bond acceptors (Lipinski definition) is 7. The SMILES string of the molecule is Cc1cc(=O)n2nc(COC(=O)c3ccc(-c4ccccc4Cl)o3)sc2n1. The van der Waals surface area contributed by atoms with Crippen LogP contribution in [-0.2, 0) is 11.3 Å². The number of halogens is 1. The van der Waals surface area contributed by atoms with E-state index in [0.717, 1.165) is 0 Å². The molecule has 0 amide bonds. The third-order valence-corrected chi connectivity index (χ3v) is 4.90. The Morgan fingerprint density at radius 1 is 1.30 bits per heavy atom. The van der Waals surface area contributed by atoms with Crippen molar-refractivity contribution in [3.05, 3.63) is 74.3 Å². The van der Waals surface area contributed by atoms with Crippen molar-refractivity contribution in [2.75, 3.05) is 0 Å². The smallest absolute Gasteiger partial charge is 0.374 e. The number of aryl methyl sites for hydroxylation is 1. The fourth-order valence-corrected chi connectivity index (χ4v) is 3.56. The predicted molar refractivity (Wildman–Crippen MR) is 100 cm³/mol. The van der Waals surface area contributed by atoms with Gasteiger partial charge in [0.25, 0.3) is 5.56 Å². The maximum Gasteiger partial charge on any atom is 0.374 e. The van der Waals surface area contributed by atoms with Gasteiger partial charge >= 0.3 is 5.97 Å². The maximum atomic E-state index is 12.2. The molecule has 0 aliphatic rings. The molecule has 0 spiro atoms. The van der Waals surface area contributed by atoms with Gasteiger partial charge in [-0.05, 0) is 31.2 Å². The Bertz CT molecular complexity index is 1210. The molecule has 0 saturated carbocycles. The Kier molecular flexibility index (Phi) is 4.51. The molecule has 7 nitrogen and oxygen atoms in total. The number of benzene rings is 1. The van der Waals surface area contributed by atoms with Crippen LogP contribution in [0.2, 0.25) is 5.02 Å². The number of esters is 1. The second kappa shape index (κ2) is 6.98. The highest BCUT2D eigenvalue weighted by molar-refractivity contribution is 7.16. The minimum atomic E-state index is -0.635. The van der Waals surface area contributed by atoms with Crippen molar-refractivity contribution < 1.29 is 13.9 Å². The maximum absolute atomic E-state index is 12.2. The Balaban J connectivity index is 1.50. The van der Waals surface area contributed by atoms with Crippen molar-refractivity contribution in [3.63, 3.8) is 0 Å². The molecule has 136 valence electrons. The van der Waals surface area contributed by atoms with Crippen molar-refractivity contribution in [1.82, 2.24) is 14.6 Å². The summed E-state index contributed by atoms with van der Waals surface area (Å²) >= 11 is 7.32. The Morgan fingerprint density at radius 3 is 2.93 bits per heavy atom. The standard InChI is InChI=1S/C18H12ClN3O4S/c1-10-8-16(23)22-18(20-10)27-15(21-22)9-25-17(24)14-7-6-13(26-14)11-4-2-3-5-12(11)19/h2-8H,9H2,1H3. The van der Waals surface area contributed by atoms with Crippen LogP contribution in [0.3, 0.4) is 0 Å². The van der Waals surface area contributed by atoms with Crippen LogP contribution in [0.5, 0.6) is 0 Å². The summed E-state index contributed by atoms with van der Waals surface area (Å²) in [6.07, 6.45) is 0. The summed E-state index contributed by atoms with van der Waals surface area (Å²) < 4.78 is 12.0. The highest BCUT2D eigenvalue weighted by atomic mass is 35.5. The molecule has 3 heterocycles. The van der Waals surface area contributed by atoms with Gasteiger partial charge in [-0.1, -0.05) is 35.1 Å². The molecule has 0 fully saturated rings. The highest BCUT2D eigenvalue weighted by Crippen LogP contribution is 2.29. The molecule has 0 N–H and O–H groups in total. The molecule has 3 aromatic heterocycles. The van der Waals surface area contributed by atoms with Crippen LogP contribution >= 0.6 is 22.9 Å². The molecule has 0 bridgehead atoms. The number of rotatable bonds is 4. The molecule has 27 heavy (non-hydrogen) atoms. The monoisotopic (exact) mass is 401 g/mol. The number of fused-ring (bicyclic) bond motifs is 1. The molecular formula is C18H12ClN3O4S. The first-order valence-electron chi connectivity index (χ1n) is 7.89. The van der Waals surface area contributed by atoms with E-state index in [1.54, 1.807) is 25.1 Å². The van der Waals surface area contributed by atoms with Gasteiger partial charge < -0.3 is 9.15 Å². The number of hydrogen-bond donors (Lipinski definition) is 0. The summed E-state index contributed by atoms with van der Waals surface area (Å²) in [5.41, 5.74) is 1.02. The summed E-state index contributed by atoms with van der Waals surface area (Å²) in [5, 5.41) is 5.10. The number of carbonyl (C=O) groups is 1. The van der Waals surface area contributed by atoms with Crippen molar-refractivity contribution in [2.24, 2.45) is 0 Å². The van der Waals surface area contributed by atoms with Crippen molar-refractivity contribution in [2.45, 2.75) is 13.5 Å². The molecule has 9 heteroatoms. The van der Waals surface area contributed by atoms with Gasteiger partial charge in [0.1, 0.15) is 12.4 Å². The van der Waals surface area contributed by atoms with Gasteiger partial charge in [-0.2, -0.15) is 9.61 Å². The third kappa shape index (κ3) is 3.49. The number of ether oxygens (including phenoxy) is 1. The van der Waals surface area contributed by atoms with Crippen molar-refractivity contribution >= 4 is 33.9 Å². The topological polar surface area (TPSA) is 86.7 Å². The van der Waals surface area contributed by atoms with E-state index in [1.165, 1.54) is 28.0 Å². The van der Waals surface area contributed by atoms with Crippen LogP contribution in [0.15, 0.2) is 51.7 Å². The summed E-state index contributed by atoms with van der Waals surface area (Å²) in [7, 11) is 0. The van der Waals surface area contributed by atoms with Gasteiger partial charge in [0.15, 0.2) is 5.01 Å². The van der Waals surface area contributed by atoms with E-state index in [4.69, 9.17) is 20.8 Å². The lowest BCUT2D eigenvalue weighted by atomic mass is 10.2. The predicted octanol–water partition coefficient (Wildman–Crippen LogP) is 3.73. The zero-order valence-electron chi connectivity index (χ0n) is 14.0. The summed E-state index contributed by atoms with van der Waals surface area (Å²) in [5.74, 6) is -0.111. The van der Waals surface area contributed by atoms with Gasteiger partial charge in [0, 0.05) is 17.3 Å². The van der Waals surface area contributed by atoms with Gasteiger partial charge in [0.2, 0.25) is 10.7 Å². The molecule has 0 saturated heterocycles. The van der Waals surface area contributed by atoms with Crippen molar-refractivity contribution in [1.29, 1.82) is 0 Å². The average molecular weight is 402 g/mol. The van der Waals surface area contributed by atoms with Crippen LogP contribution in [0.4, 0.5) is 0 Å². The molecule has 1 aromatic carbocycles. The van der Waals surface area contributed by atoms with Crippen LogP contribution in [0.1, 0.15) is 21.3 Å². The Hall–Kier alpha value is -2.97. The van der Waals surface area contributed by atoms with Gasteiger partial charge in [-0.3, -0.25) is 4.79 Å². The van der Waals surface area contributed by atoms with Crippen LogP contribution in [0.25, 0.3) is 16.3 Å². The Labute approximate surface area is 161 Å². The lowest BCUT2D eigenvalue weighted by molar-refractivity contribution is 0.0436. The minimum absolute atomic E-state index is 0.0529. The van der Waals surface area contributed by atoms with Crippen LogP contribution in [0, 0.1) is 6.92 Å². The first-order chi connectivity index (χ1) is 13.0. The van der Waals surface area contributed by atoms with E-state index in [9.17, 15) is 9.59 Å². The number of carbonyl (C=O) groups excluding carboxylic acids is 1. The highest BCUT2D eigenvalue weighted by Gasteiger charge is 2.16. The first kappa shape index (κ1) is 17.4. The lowest BCUT2D eigenvalue weighted by Crippen LogP contribution is -2.14. The Morgan fingerprint density at radius 2 is 2.11 bits per heavy atom. The number of aromatic nitrogens is 3. The zero-order chi connectivity index (χ0) is 19.0. The molecule has 0 aliphatic heterocycles. The fraction of sp³-hybridized carbons (Fsp3) is 0.111. The summed E-state index contributed by atoms with van der Waals surface area (Å²) in [6, 6.07) is 11.7. The molecule has 0 aliphatic carbocycles. The van der Waals surface area contributed by atoms with Crippen molar-refractivity contribution in [3.8, 4) is 11.3 Å². The largest absolute Gasteiger partial charge is 0.452 e. The minimum Gasteiger partial charge on any atom is -0.452 e. The summed E-state index contributed by atoms with van der Waals surface area (Å²) in [4.78, 5) is 28.8. The van der Waals surface area contributed by atoms with E-state index < -0.39 is 5.97 Å². The molecular weight excluding hydrogens is 390 g/mol. The van der Waals surface area contributed by atoms with E-state index in [2.05, 4.69) is 10.1 Å². The molecule has 0 unspecified atom stereocenters. The average Bonchev–Trinajstić information content (AvgIpc) is 3.27. The molecule has 0 radical (unpaired) electrons. The molecule has 4 aromatic rings. The quantitative estimate of drug-likeness (QED) is 0.484. The van der Waals surface area contributed by atoms with Gasteiger partial charge in [-0.25, -0.2) is 9.78 Å². The first-order valence-corrected chi connectivity index (χ1v) is 9.09. The summed E-state index contributed by atoms with van der Waals surface area (Å²) in [6.45, 7) is 1.64. The van der Waals surface area contributed by atoms with Gasteiger partial charge in [0.05, 0.1) is 5.02 Å². The second-order valence-corrected chi connectivity index (χ2v) is 7.09. The lowest BCUT2D eigenvalue weighted by Gasteiger charge is -2.01. The van der Waals surface area contributed by atoms with E-state index in [-0.39, 0.29) is 17.9 Å². The zero-order valence-corrected chi connectivity index (χ0v) is 15.6.